The van der Waals surface area contributed by atoms with Gasteiger partial charge >= 0.3 is 11.9 Å². The summed E-state index contributed by atoms with van der Waals surface area (Å²) in [6.07, 6.45) is 2.60. The Bertz CT molecular complexity index is 200. The Morgan fingerprint density at radius 1 is 1.38 bits per heavy atom. The van der Waals surface area contributed by atoms with E-state index in [1.165, 1.54) is 12.2 Å². The Kier molecular flexibility index (Phi) is 6.53. The molecule has 2 N–H and O–H groups in total. The minimum Gasteiger partial charge on any atom is -0.463 e. The van der Waals surface area contributed by atoms with Crippen molar-refractivity contribution in [1.29, 1.82) is 0 Å². The van der Waals surface area contributed by atoms with Gasteiger partial charge < -0.3 is 15.2 Å². The van der Waals surface area contributed by atoms with Gasteiger partial charge in [0.2, 0.25) is 0 Å². The summed E-state index contributed by atoms with van der Waals surface area (Å²) in [6.45, 7) is 1.91. The quantitative estimate of drug-likeness (QED) is 0.468. The third-order valence-electron chi connectivity index (χ3n) is 1.05. The fourth-order valence-corrected chi connectivity index (χ4v) is 0.535. The van der Waals surface area contributed by atoms with E-state index < -0.39 is 11.9 Å². The second kappa shape index (κ2) is 7.30. The molecule has 0 heterocycles. The molecule has 0 aliphatic rings. The van der Waals surface area contributed by atoms with Crippen LogP contribution in [0.1, 0.15) is 6.92 Å². The fraction of sp³-hybridized carbons (Fsp3) is 0.500. The van der Waals surface area contributed by atoms with Crippen molar-refractivity contribution in [3.05, 3.63) is 12.2 Å². The van der Waals surface area contributed by atoms with Crippen molar-refractivity contribution in [1.82, 2.24) is 0 Å². The third kappa shape index (κ3) is 7.02. The SMILES string of the molecule is CCOC(=O)/C=C/COC(=O)CN. The van der Waals surface area contributed by atoms with Crippen LogP contribution in [0, 0.1) is 0 Å². The number of rotatable bonds is 5. The van der Waals surface area contributed by atoms with Crippen LogP contribution in [0.25, 0.3) is 0 Å². The average molecular weight is 187 g/mol. The predicted octanol–water partition coefficient (Wildman–Crippen LogP) is -0.392. The Labute approximate surface area is 76.5 Å². The molecule has 5 nitrogen and oxygen atoms in total. The Hall–Kier alpha value is -1.36. The van der Waals surface area contributed by atoms with Gasteiger partial charge in [-0.15, -0.1) is 0 Å². The number of hydrogen-bond donors (Lipinski definition) is 1. The molecule has 0 aliphatic carbocycles. The van der Waals surface area contributed by atoms with Crippen LogP contribution in [0.2, 0.25) is 0 Å². The van der Waals surface area contributed by atoms with Crippen LogP contribution in [0.3, 0.4) is 0 Å². The summed E-state index contributed by atoms with van der Waals surface area (Å²) in [7, 11) is 0. The van der Waals surface area contributed by atoms with Crippen molar-refractivity contribution in [2.75, 3.05) is 19.8 Å². The first-order valence-electron chi connectivity index (χ1n) is 3.89. The molecule has 5 heteroatoms. The maximum absolute atomic E-state index is 10.7. The molecule has 13 heavy (non-hydrogen) atoms. The average Bonchev–Trinajstić information content (AvgIpc) is 2.12. The largest absolute Gasteiger partial charge is 0.463 e. The Morgan fingerprint density at radius 3 is 2.62 bits per heavy atom. The van der Waals surface area contributed by atoms with Gasteiger partial charge in [0.1, 0.15) is 6.61 Å². The van der Waals surface area contributed by atoms with Crippen LogP contribution >= 0.6 is 0 Å². The molecule has 0 unspecified atom stereocenters. The molecular weight excluding hydrogens is 174 g/mol. The third-order valence-corrected chi connectivity index (χ3v) is 1.05. The maximum Gasteiger partial charge on any atom is 0.330 e. The van der Waals surface area contributed by atoms with Crippen LogP contribution in [0.15, 0.2) is 12.2 Å². The molecule has 0 rings (SSSR count). The van der Waals surface area contributed by atoms with Gasteiger partial charge in [0.05, 0.1) is 13.2 Å². The minimum absolute atomic E-state index is 0.0366. The lowest BCUT2D eigenvalue weighted by molar-refractivity contribution is -0.141. The molecule has 74 valence electrons. The molecular formula is C8H13NO4. The van der Waals surface area contributed by atoms with Crippen molar-refractivity contribution in [2.24, 2.45) is 5.73 Å². The highest BCUT2D eigenvalue weighted by atomic mass is 16.5. The van der Waals surface area contributed by atoms with Crippen LogP contribution in [-0.4, -0.2) is 31.7 Å². The zero-order valence-corrected chi connectivity index (χ0v) is 7.49. The van der Waals surface area contributed by atoms with E-state index >= 15 is 0 Å². The summed E-state index contributed by atoms with van der Waals surface area (Å²) in [5.74, 6) is -0.959. The first-order valence-corrected chi connectivity index (χ1v) is 3.89. The second-order valence-corrected chi connectivity index (χ2v) is 2.04. The highest BCUT2D eigenvalue weighted by molar-refractivity contribution is 5.81. The number of esters is 2. The van der Waals surface area contributed by atoms with Gasteiger partial charge in [-0.1, -0.05) is 0 Å². The monoisotopic (exact) mass is 187 g/mol. The van der Waals surface area contributed by atoms with Crippen molar-refractivity contribution in [2.45, 2.75) is 6.92 Å². The number of nitrogens with two attached hydrogens (primary N) is 1. The number of hydrogen-bond acceptors (Lipinski definition) is 5. The topological polar surface area (TPSA) is 78.6 Å². The lowest BCUT2D eigenvalue weighted by atomic mass is 10.5. The molecule has 0 radical (unpaired) electrons. The van der Waals surface area contributed by atoms with Gasteiger partial charge in [0.15, 0.2) is 0 Å². The van der Waals surface area contributed by atoms with E-state index in [1.54, 1.807) is 6.92 Å². The lowest BCUT2D eigenvalue weighted by Crippen LogP contribution is -2.16. The first kappa shape index (κ1) is 11.6. The van der Waals surface area contributed by atoms with E-state index in [9.17, 15) is 9.59 Å². The van der Waals surface area contributed by atoms with Gasteiger partial charge in [-0.25, -0.2) is 4.79 Å². The van der Waals surface area contributed by atoms with E-state index in [0.717, 1.165) is 0 Å². The summed E-state index contributed by atoms with van der Waals surface area (Å²) in [5, 5.41) is 0. The Balaban J connectivity index is 3.51. The van der Waals surface area contributed by atoms with Crippen LogP contribution in [0.5, 0.6) is 0 Å². The molecule has 0 amide bonds. The second-order valence-electron chi connectivity index (χ2n) is 2.04. The number of carbonyl (C=O) groups is 2. The lowest BCUT2D eigenvalue weighted by Gasteiger charge is -1.97. The van der Waals surface area contributed by atoms with Crippen LogP contribution < -0.4 is 5.73 Å². The van der Waals surface area contributed by atoms with Gasteiger partial charge in [-0.05, 0) is 13.0 Å². The fourth-order valence-electron chi connectivity index (χ4n) is 0.535. The van der Waals surface area contributed by atoms with E-state index in [2.05, 4.69) is 9.47 Å². The molecule has 0 bridgehead atoms. The van der Waals surface area contributed by atoms with Crippen LogP contribution in [-0.2, 0) is 19.1 Å². The van der Waals surface area contributed by atoms with Crippen molar-refractivity contribution >= 4 is 11.9 Å². The van der Waals surface area contributed by atoms with Crippen LogP contribution in [0.4, 0.5) is 0 Å². The molecule has 0 fully saturated rings. The molecule has 0 saturated carbocycles. The van der Waals surface area contributed by atoms with E-state index in [0.29, 0.717) is 6.61 Å². The predicted molar refractivity (Wildman–Crippen MR) is 45.8 cm³/mol. The highest BCUT2D eigenvalue weighted by Gasteiger charge is 1.96. The van der Waals surface area contributed by atoms with Gasteiger partial charge in [0.25, 0.3) is 0 Å². The molecule has 0 aromatic heterocycles. The zero-order valence-electron chi connectivity index (χ0n) is 7.49. The van der Waals surface area contributed by atoms with E-state index in [-0.39, 0.29) is 13.2 Å². The highest BCUT2D eigenvalue weighted by Crippen LogP contribution is 1.83. The number of ether oxygens (including phenoxy) is 2. The summed E-state index contributed by atoms with van der Waals surface area (Å²) in [5.41, 5.74) is 4.97. The van der Waals surface area contributed by atoms with Crippen molar-refractivity contribution < 1.29 is 19.1 Å². The molecule has 0 aromatic rings. The normalized spacial score (nSPS) is 10.0. The van der Waals surface area contributed by atoms with Crippen molar-refractivity contribution in [3.8, 4) is 0 Å². The summed E-state index contributed by atoms with van der Waals surface area (Å²) >= 11 is 0. The maximum atomic E-state index is 10.7. The minimum atomic E-state index is -0.506. The smallest absolute Gasteiger partial charge is 0.330 e. The standard InChI is InChI=1S/C8H13NO4/c1-2-12-7(10)4-3-5-13-8(11)6-9/h3-4H,2,5-6,9H2,1H3/b4-3+. The molecule has 0 saturated heterocycles. The van der Waals surface area contributed by atoms with E-state index in [4.69, 9.17) is 5.73 Å². The van der Waals surface area contributed by atoms with Gasteiger partial charge in [0, 0.05) is 6.08 Å². The van der Waals surface area contributed by atoms with E-state index in [1.807, 2.05) is 0 Å². The summed E-state index contributed by atoms with van der Waals surface area (Å²) in [4.78, 5) is 21.2. The van der Waals surface area contributed by atoms with Gasteiger partial charge in [-0.2, -0.15) is 0 Å². The molecule has 0 aromatic carbocycles. The summed E-state index contributed by atoms with van der Waals surface area (Å²) < 4.78 is 9.15. The summed E-state index contributed by atoms with van der Waals surface area (Å²) in [6, 6.07) is 0. The zero-order chi connectivity index (χ0) is 10.1. The van der Waals surface area contributed by atoms with Crippen molar-refractivity contribution in [3.63, 3.8) is 0 Å². The molecule has 0 spiro atoms. The number of carbonyl (C=O) groups excluding carboxylic acids is 2. The first-order chi connectivity index (χ1) is 6.20. The molecule has 0 atom stereocenters. The van der Waals surface area contributed by atoms with Gasteiger partial charge in [-0.3, -0.25) is 4.79 Å². The Morgan fingerprint density at radius 2 is 2.08 bits per heavy atom. The molecule has 0 aliphatic heterocycles.